The van der Waals surface area contributed by atoms with Crippen molar-refractivity contribution in [3.8, 4) is 0 Å². The van der Waals surface area contributed by atoms with Crippen molar-refractivity contribution in [1.82, 2.24) is 0 Å². The molecule has 0 saturated carbocycles. The number of unbranched alkanes of at least 4 members (excludes halogenated alkanes) is 2. The van der Waals surface area contributed by atoms with Crippen LogP contribution in [0.2, 0.25) is 0 Å². The number of hydrogen-bond acceptors (Lipinski definition) is 0. The van der Waals surface area contributed by atoms with Crippen LogP contribution in [-0.4, -0.2) is 5.48 Å². The molecular formula is C14H36OTi2. The Morgan fingerprint density at radius 2 is 0.706 bits per heavy atom. The first-order valence-corrected chi connectivity index (χ1v) is 4.83. The molecule has 0 atom stereocenters. The third-order valence-electron chi connectivity index (χ3n) is 0.707. The summed E-state index contributed by atoms with van der Waals surface area (Å²) in [4.78, 5) is 0. The molecule has 0 bridgehead atoms. The SMILES string of the molecule is O.[CH2-]C.[CH2-]C.[CH2-]CCC.[CH2-]CCC.[CH3-].[CH3-].[Ti+3].[Ti+3]. The molecule has 0 aliphatic carbocycles. The largest absolute Gasteiger partial charge is 3.00 e. The molecule has 0 aliphatic heterocycles. The van der Waals surface area contributed by atoms with Crippen molar-refractivity contribution in [2.45, 2.75) is 53.4 Å². The van der Waals surface area contributed by atoms with E-state index in [1.165, 1.54) is 12.8 Å². The average molecular weight is 316 g/mol. The van der Waals surface area contributed by atoms with Gasteiger partial charge in [-0.05, 0) is 0 Å². The Balaban J connectivity index is -0.00000000680. The molecule has 0 rings (SSSR count). The summed E-state index contributed by atoms with van der Waals surface area (Å²) >= 11 is 0. The topological polar surface area (TPSA) is 31.5 Å². The first-order chi connectivity index (χ1) is 5.83. The zero-order valence-electron chi connectivity index (χ0n) is 13.2. The Morgan fingerprint density at radius 3 is 0.706 bits per heavy atom. The van der Waals surface area contributed by atoms with Crippen molar-refractivity contribution in [2.75, 3.05) is 0 Å². The van der Waals surface area contributed by atoms with Gasteiger partial charge < -0.3 is 48.0 Å². The van der Waals surface area contributed by atoms with Gasteiger partial charge in [-0.3, -0.25) is 0 Å². The molecule has 1 nitrogen and oxygen atoms in total. The first-order valence-electron chi connectivity index (χ1n) is 4.83. The Bertz CT molecular complexity index is 22.2. The van der Waals surface area contributed by atoms with Gasteiger partial charge in [0.1, 0.15) is 0 Å². The van der Waals surface area contributed by atoms with Gasteiger partial charge in [0.25, 0.3) is 0 Å². The molecule has 0 fully saturated rings. The van der Waals surface area contributed by atoms with E-state index in [1.807, 2.05) is 0 Å². The third-order valence-corrected chi connectivity index (χ3v) is 0.707. The Morgan fingerprint density at radius 1 is 0.647 bits per heavy atom. The zero-order valence-corrected chi connectivity index (χ0v) is 16.3. The van der Waals surface area contributed by atoms with Crippen LogP contribution in [0.5, 0.6) is 0 Å². The van der Waals surface area contributed by atoms with Gasteiger partial charge in [0.15, 0.2) is 0 Å². The van der Waals surface area contributed by atoms with Crippen LogP contribution in [0.4, 0.5) is 0 Å². The first kappa shape index (κ1) is 63.1. The smallest absolute Gasteiger partial charge is 0.412 e. The Hall–Kier alpha value is 1.39. The van der Waals surface area contributed by atoms with Gasteiger partial charge in [-0.1, -0.05) is 26.7 Å². The molecule has 0 spiro atoms. The summed E-state index contributed by atoms with van der Waals surface area (Å²) in [7, 11) is 0. The quantitative estimate of drug-likeness (QED) is 0.507. The van der Waals surface area contributed by atoms with Crippen LogP contribution in [0.25, 0.3) is 0 Å². The van der Waals surface area contributed by atoms with Crippen molar-refractivity contribution in [1.29, 1.82) is 0 Å². The van der Waals surface area contributed by atoms with Gasteiger partial charge in [-0.15, -0.1) is 0 Å². The molecule has 0 unspecified atom stereocenters. The molecule has 17 heavy (non-hydrogen) atoms. The number of hydrogen-bond donors (Lipinski definition) is 0. The fourth-order valence-electron chi connectivity index (χ4n) is 0. The standard InChI is InChI=1S/2C4H9.2C2H5.2CH3.H2O.2Ti/c2*1-3-4-2;2*1-2;;;;;/h2*1,3-4H2,2H3;2*1H2,2H3;2*1H3;1H2;;/q6*-1;;2*+3. The molecule has 0 aromatic rings. The molecular weight excluding hydrogens is 280 g/mol. The average Bonchev–Trinajstić information content (AvgIpc) is 2.23. The van der Waals surface area contributed by atoms with E-state index in [0.717, 1.165) is 12.8 Å². The molecule has 0 aromatic carbocycles. The van der Waals surface area contributed by atoms with Gasteiger partial charge in [-0.25, -0.2) is 0 Å². The Kier molecular flexibility index (Phi) is 597. The molecule has 0 amide bonds. The van der Waals surface area contributed by atoms with E-state index in [0.29, 0.717) is 0 Å². The van der Waals surface area contributed by atoms with Crippen molar-refractivity contribution in [3.63, 3.8) is 0 Å². The van der Waals surface area contributed by atoms with Crippen LogP contribution in [0.15, 0.2) is 0 Å². The van der Waals surface area contributed by atoms with Crippen LogP contribution in [0.1, 0.15) is 53.4 Å². The molecule has 0 heterocycles. The summed E-state index contributed by atoms with van der Waals surface area (Å²) in [5, 5.41) is 0. The van der Waals surface area contributed by atoms with Gasteiger partial charge >= 0.3 is 43.4 Å². The van der Waals surface area contributed by atoms with Gasteiger partial charge in [0.2, 0.25) is 0 Å². The number of rotatable bonds is 2. The van der Waals surface area contributed by atoms with E-state index in [2.05, 4.69) is 41.5 Å². The second kappa shape index (κ2) is 161. The maximum Gasteiger partial charge on any atom is 3.00 e. The summed E-state index contributed by atoms with van der Waals surface area (Å²) in [5.74, 6) is 0. The molecule has 2 radical (unpaired) electrons. The van der Waals surface area contributed by atoms with E-state index in [9.17, 15) is 0 Å². The Labute approximate surface area is 144 Å². The molecule has 0 aromatic heterocycles. The predicted molar refractivity (Wildman–Crippen MR) is 79.0 cm³/mol. The van der Waals surface area contributed by atoms with Crippen LogP contribution in [-0.2, 0) is 43.4 Å². The van der Waals surface area contributed by atoms with Crippen LogP contribution in [0, 0.1) is 42.5 Å². The minimum absolute atomic E-state index is 0. The normalized spacial score (nSPS) is 4.24. The molecule has 3 heteroatoms. The maximum absolute atomic E-state index is 3.60. The summed E-state index contributed by atoms with van der Waals surface area (Å²) in [6, 6.07) is 0. The summed E-state index contributed by atoms with van der Waals surface area (Å²) in [6.07, 6.45) is 4.56. The summed E-state index contributed by atoms with van der Waals surface area (Å²) < 4.78 is 0. The second-order valence-electron chi connectivity index (χ2n) is 1.71. The minimum Gasteiger partial charge on any atom is -0.412 e. The van der Waals surface area contributed by atoms with E-state index in [4.69, 9.17) is 0 Å². The second-order valence-corrected chi connectivity index (χ2v) is 1.71. The van der Waals surface area contributed by atoms with Gasteiger partial charge in [0, 0.05) is 0 Å². The summed E-state index contributed by atoms with van der Waals surface area (Å²) in [5.41, 5.74) is 0. The minimum atomic E-state index is 0. The summed E-state index contributed by atoms with van der Waals surface area (Å²) in [6.45, 7) is 21.4. The molecule has 106 valence electrons. The van der Waals surface area contributed by atoms with E-state index >= 15 is 0 Å². The van der Waals surface area contributed by atoms with E-state index in [1.54, 1.807) is 13.8 Å². The van der Waals surface area contributed by atoms with Crippen LogP contribution in [0.3, 0.4) is 0 Å². The fourth-order valence-corrected chi connectivity index (χ4v) is 0. The van der Waals surface area contributed by atoms with Crippen molar-refractivity contribution in [2.24, 2.45) is 0 Å². The van der Waals surface area contributed by atoms with E-state index in [-0.39, 0.29) is 63.8 Å². The van der Waals surface area contributed by atoms with Crippen molar-refractivity contribution >= 4 is 0 Å². The predicted octanol–water partition coefficient (Wildman–Crippen LogP) is 4.99. The maximum atomic E-state index is 3.60. The van der Waals surface area contributed by atoms with Crippen molar-refractivity contribution in [3.05, 3.63) is 42.5 Å². The van der Waals surface area contributed by atoms with Crippen LogP contribution < -0.4 is 0 Å². The third kappa shape index (κ3) is 359. The fraction of sp³-hybridized carbons (Fsp3) is 0.571. The van der Waals surface area contributed by atoms with Crippen molar-refractivity contribution < 1.29 is 48.9 Å². The molecule has 0 aliphatic rings. The van der Waals surface area contributed by atoms with Crippen LogP contribution >= 0.6 is 0 Å². The van der Waals surface area contributed by atoms with Gasteiger partial charge in [0.05, 0.1) is 0 Å². The zero-order chi connectivity index (χ0) is 10.8. The monoisotopic (exact) mass is 316 g/mol. The molecule has 2 N–H and O–H groups in total. The molecule has 0 saturated heterocycles. The van der Waals surface area contributed by atoms with Gasteiger partial charge in [-0.2, -0.15) is 26.7 Å². The van der Waals surface area contributed by atoms with E-state index < -0.39 is 0 Å².